The average Bonchev–Trinajstić information content (AvgIpc) is 3.39. The van der Waals surface area contributed by atoms with Crippen molar-refractivity contribution in [2.75, 3.05) is 11.6 Å². The van der Waals surface area contributed by atoms with E-state index in [9.17, 15) is 9.59 Å². The number of anilines is 1. The van der Waals surface area contributed by atoms with Crippen molar-refractivity contribution in [3.8, 4) is 0 Å². The molecule has 2 atom stereocenters. The van der Waals surface area contributed by atoms with Crippen molar-refractivity contribution in [2.24, 2.45) is 5.10 Å². The highest BCUT2D eigenvalue weighted by Crippen LogP contribution is 2.49. The number of hydrazone groups is 1. The number of esters is 2. The van der Waals surface area contributed by atoms with Gasteiger partial charge < -0.3 is 9.47 Å². The predicted octanol–water partition coefficient (Wildman–Crippen LogP) is 4.55. The summed E-state index contributed by atoms with van der Waals surface area (Å²) >= 11 is 0. The molecule has 6 nitrogen and oxygen atoms in total. The molecule has 2 aliphatic rings. The van der Waals surface area contributed by atoms with Gasteiger partial charge in [0.25, 0.3) is 0 Å². The number of hydrogen-bond donors (Lipinski definition) is 0. The third-order valence-corrected chi connectivity index (χ3v) is 5.83. The Hall–Kier alpha value is -4.19. The maximum absolute atomic E-state index is 13.7. The summed E-state index contributed by atoms with van der Waals surface area (Å²) in [4.78, 5) is 26.8. The molecule has 0 saturated heterocycles. The molecule has 0 N–H and O–H groups in total. The first-order chi connectivity index (χ1) is 16.1. The minimum absolute atomic E-state index is 0.161. The number of carbonyl (C=O) groups excluding carboxylic acids is 2. The zero-order valence-corrected chi connectivity index (χ0v) is 18.0. The summed E-state index contributed by atoms with van der Waals surface area (Å²) in [6.45, 7) is 1.94. The minimum Gasteiger partial charge on any atom is -0.461 e. The summed E-state index contributed by atoms with van der Waals surface area (Å²) in [6.07, 6.45) is 1.78. The monoisotopic (exact) mass is 438 g/mol. The molecular formula is C27H22N2O4. The van der Waals surface area contributed by atoms with Crippen LogP contribution in [0.5, 0.6) is 0 Å². The van der Waals surface area contributed by atoms with Crippen molar-refractivity contribution in [2.45, 2.75) is 18.4 Å². The minimum atomic E-state index is -1.38. The molecule has 0 radical (unpaired) electrons. The number of para-hydroxylation sites is 1. The fourth-order valence-corrected chi connectivity index (χ4v) is 4.40. The van der Waals surface area contributed by atoms with E-state index < -0.39 is 23.4 Å². The maximum Gasteiger partial charge on any atom is 0.355 e. The van der Waals surface area contributed by atoms with Gasteiger partial charge in [0, 0.05) is 5.56 Å². The third-order valence-electron chi connectivity index (χ3n) is 5.83. The smallest absolute Gasteiger partial charge is 0.355 e. The number of ether oxygens (including phenoxy) is 2. The highest BCUT2D eigenvalue weighted by atomic mass is 16.5. The predicted molar refractivity (Wildman–Crippen MR) is 125 cm³/mol. The molecule has 3 aromatic rings. The van der Waals surface area contributed by atoms with Gasteiger partial charge in [0.2, 0.25) is 0 Å². The normalized spacial score (nSPS) is 21.5. The van der Waals surface area contributed by atoms with Gasteiger partial charge in [-0.05, 0) is 30.7 Å². The standard InChI is InChI=1S/C27H22N2O4/c1-2-32-25(30)24-23(20-14-8-4-9-15-20)27(29(28-24)21-16-10-5-11-17-21)18-22(33-26(27)31)19-12-6-3-7-13-19/h3-18,23H,2H2,1H3/t23-,27+/m1/s1. The van der Waals surface area contributed by atoms with Crippen molar-refractivity contribution in [1.29, 1.82) is 0 Å². The van der Waals surface area contributed by atoms with Gasteiger partial charge in [0.15, 0.2) is 11.3 Å². The first kappa shape index (κ1) is 20.7. The molecule has 0 bridgehead atoms. The van der Waals surface area contributed by atoms with Crippen LogP contribution in [0.15, 0.2) is 102 Å². The Morgan fingerprint density at radius 1 is 0.970 bits per heavy atom. The lowest BCUT2D eigenvalue weighted by molar-refractivity contribution is -0.139. The second-order valence-electron chi connectivity index (χ2n) is 7.79. The van der Waals surface area contributed by atoms with E-state index in [0.717, 1.165) is 11.1 Å². The van der Waals surface area contributed by atoms with Crippen molar-refractivity contribution >= 4 is 29.1 Å². The van der Waals surface area contributed by atoms with Crippen LogP contribution >= 0.6 is 0 Å². The first-order valence-corrected chi connectivity index (χ1v) is 10.8. The second kappa shape index (κ2) is 8.39. The topological polar surface area (TPSA) is 68.2 Å². The zero-order chi connectivity index (χ0) is 22.8. The summed E-state index contributed by atoms with van der Waals surface area (Å²) in [5.74, 6) is -1.34. The number of hydrogen-bond acceptors (Lipinski definition) is 6. The molecule has 164 valence electrons. The van der Waals surface area contributed by atoms with Crippen LogP contribution in [-0.2, 0) is 19.1 Å². The summed E-state index contributed by atoms with van der Waals surface area (Å²) in [6, 6.07) is 28.1. The lowest BCUT2D eigenvalue weighted by Gasteiger charge is -2.33. The van der Waals surface area contributed by atoms with Gasteiger partial charge in [-0.25, -0.2) is 14.6 Å². The van der Waals surface area contributed by atoms with Crippen LogP contribution in [0.3, 0.4) is 0 Å². The van der Waals surface area contributed by atoms with E-state index in [1.165, 1.54) is 0 Å². The zero-order valence-electron chi connectivity index (χ0n) is 18.0. The second-order valence-corrected chi connectivity index (χ2v) is 7.79. The first-order valence-electron chi connectivity index (χ1n) is 10.8. The van der Waals surface area contributed by atoms with Crippen molar-refractivity contribution in [3.05, 3.63) is 108 Å². The number of nitrogens with zero attached hydrogens (tertiary/aromatic N) is 2. The Morgan fingerprint density at radius 2 is 1.58 bits per heavy atom. The molecule has 2 aliphatic heterocycles. The van der Waals surface area contributed by atoms with E-state index in [4.69, 9.17) is 9.47 Å². The van der Waals surface area contributed by atoms with Crippen LogP contribution in [0, 0.1) is 0 Å². The molecule has 3 aromatic carbocycles. The van der Waals surface area contributed by atoms with Crippen LogP contribution in [-0.4, -0.2) is 29.8 Å². The molecule has 0 fully saturated rings. The molecule has 0 saturated carbocycles. The Kier molecular flexibility index (Phi) is 5.26. The maximum atomic E-state index is 13.7. The SMILES string of the molecule is CCOC(=O)C1=NN(c2ccccc2)[C@@]2(C=C(c3ccccc3)OC2=O)[C@@H]1c1ccccc1. The summed E-state index contributed by atoms with van der Waals surface area (Å²) in [5, 5.41) is 6.27. The van der Waals surface area contributed by atoms with E-state index >= 15 is 0 Å². The van der Waals surface area contributed by atoms with Gasteiger partial charge in [-0.1, -0.05) is 78.9 Å². The van der Waals surface area contributed by atoms with E-state index in [2.05, 4.69) is 5.10 Å². The van der Waals surface area contributed by atoms with Crippen LogP contribution < -0.4 is 5.01 Å². The lowest BCUT2D eigenvalue weighted by Crippen LogP contribution is -2.51. The molecule has 0 unspecified atom stereocenters. The average molecular weight is 438 g/mol. The van der Waals surface area contributed by atoms with E-state index in [0.29, 0.717) is 11.4 Å². The Morgan fingerprint density at radius 3 is 2.21 bits per heavy atom. The lowest BCUT2D eigenvalue weighted by atomic mass is 9.76. The molecule has 6 heteroatoms. The number of cyclic esters (lactones) is 1. The molecular weight excluding hydrogens is 416 g/mol. The largest absolute Gasteiger partial charge is 0.461 e. The Labute approximate surface area is 191 Å². The molecule has 1 spiro atoms. The number of rotatable bonds is 5. The van der Waals surface area contributed by atoms with E-state index in [1.54, 1.807) is 18.0 Å². The van der Waals surface area contributed by atoms with Gasteiger partial charge in [0.1, 0.15) is 5.76 Å². The van der Waals surface area contributed by atoms with Crippen molar-refractivity contribution in [3.63, 3.8) is 0 Å². The Balaban J connectivity index is 1.75. The molecule has 33 heavy (non-hydrogen) atoms. The van der Waals surface area contributed by atoms with E-state index in [1.807, 2.05) is 91.0 Å². The quantitative estimate of drug-likeness (QED) is 0.547. The fraction of sp³-hybridized carbons (Fsp3) is 0.148. The van der Waals surface area contributed by atoms with Crippen molar-refractivity contribution in [1.82, 2.24) is 0 Å². The van der Waals surface area contributed by atoms with Crippen LogP contribution in [0.2, 0.25) is 0 Å². The molecule has 0 aromatic heterocycles. The van der Waals surface area contributed by atoms with E-state index in [-0.39, 0.29) is 12.3 Å². The van der Waals surface area contributed by atoms with Crippen molar-refractivity contribution < 1.29 is 19.1 Å². The highest BCUT2D eigenvalue weighted by molar-refractivity contribution is 6.41. The van der Waals surface area contributed by atoms with Crippen LogP contribution in [0.1, 0.15) is 24.0 Å². The molecule has 0 aliphatic carbocycles. The van der Waals surface area contributed by atoms with Gasteiger partial charge >= 0.3 is 11.9 Å². The summed E-state index contributed by atoms with van der Waals surface area (Å²) < 4.78 is 11.2. The third kappa shape index (κ3) is 3.40. The highest BCUT2D eigenvalue weighted by Gasteiger charge is 2.62. The van der Waals surface area contributed by atoms with Crippen LogP contribution in [0.25, 0.3) is 5.76 Å². The van der Waals surface area contributed by atoms with Gasteiger partial charge in [-0.15, -0.1) is 0 Å². The number of benzene rings is 3. The Bertz CT molecular complexity index is 1240. The van der Waals surface area contributed by atoms with Gasteiger partial charge in [-0.2, -0.15) is 5.10 Å². The summed E-state index contributed by atoms with van der Waals surface area (Å²) in [7, 11) is 0. The molecule has 0 amide bonds. The fourth-order valence-electron chi connectivity index (χ4n) is 4.40. The molecule has 5 rings (SSSR count). The molecule has 2 heterocycles. The van der Waals surface area contributed by atoms with Gasteiger partial charge in [0.05, 0.1) is 18.2 Å². The van der Waals surface area contributed by atoms with Gasteiger partial charge in [-0.3, -0.25) is 0 Å². The summed E-state index contributed by atoms with van der Waals surface area (Å²) in [5.41, 5.74) is 0.989. The number of carbonyl (C=O) groups is 2. The van der Waals surface area contributed by atoms with Crippen LogP contribution in [0.4, 0.5) is 5.69 Å².